The molecule has 5 heteroatoms. The van der Waals surface area contributed by atoms with Gasteiger partial charge in [-0.1, -0.05) is 27.7 Å². The fourth-order valence-electron chi connectivity index (χ4n) is 1.18. The molecule has 0 saturated carbocycles. The number of hydrogen-bond acceptors (Lipinski definition) is 4. The van der Waals surface area contributed by atoms with E-state index in [-0.39, 0.29) is 0 Å². The van der Waals surface area contributed by atoms with Crippen LogP contribution in [-0.4, -0.2) is 17.3 Å². The fraction of sp³-hybridized carbons (Fsp3) is 0.182. The van der Waals surface area contributed by atoms with Crippen molar-refractivity contribution in [1.82, 2.24) is 4.98 Å². The Morgan fingerprint density at radius 3 is 2.81 bits per heavy atom. The van der Waals surface area contributed by atoms with Gasteiger partial charge in [0.2, 0.25) is 0 Å². The summed E-state index contributed by atoms with van der Waals surface area (Å²) in [5, 5.41) is 5.37. The zero-order chi connectivity index (χ0) is 11.2. The average molecular weight is 315 g/mol. The Hall–Kier alpha value is -0.520. The molecule has 1 aromatic heterocycles. The largest absolute Gasteiger partial charge is 0.384 e. The van der Waals surface area contributed by atoms with Gasteiger partial charge in [-0.25, -0.2) is 4.98 Å². The summed E-state index contributed by atoms with van der Waals surface area (Å²) in [5.41, 5.74) is 1.16. The molecule has 0 amide bonds. The summed E-state index contributed by atoms with van der Waals surface area (Å²) in [6.45, 7) is 0.950. The zero-order valence-corrected chi connectivity index (χ0v) is 11.7. The number of aromatic nitrogens is 1. The lowest BCUT2D eigenvalue weighted by molar-refractivity contribution is 1.20. The lowest BCUT2D eigenvalue weighted by atomic mass is 10.3. The van der Waals surface area contributed by atoms with Crippen molar-refractivity contribution in [3.05, 3.63) is 40.3 Å². The number of rotatable bonds is 5. The minimum Gasteiger partial charge on any atom is -0.384 e. The second kappa shape index (κ2) is 6.27. The molecule has 84 valence electrons. The number of nitrogens with zero attached hydrogens (tertiary/aromatic N) is 1. The SMILES string of the molecule is Brc1ccc(NCCSc2nccs2)cc1. The predicted octanol–water partition coefficient (Wildman–Crippen LogP) is 4.11. The van der Waals surface area contributed by atoms with Crippen LogP contribution in [0.3, 0.4) is 0 Å². The van der Waals surface area contributed by atoms with E-state index in [4.69, 9.17) is 0 Å². The first-order valence-electron chi connectivity index (χ1n) is 4.86. The van der Waals surface area contributed by atoms with Crippen LogP contribution >= 0.6 is 39.0 Å². The van der Waals surface area contributed by atoms with E-state index in [0.717, 1.165) is 26.8 Å². The highest BCUT2D eigenvalue weighted by atomic mass is 79.9. The van der Waals surface area contributed by atoms with Crippen molar-refractivity contribution in [3.8, 4) is 0 Å². The molecule has 2 nitrogen and oxygen atoms in total. The molecule has 0 saturated heterocycles. The van der Waals surface area contributed by atoms with Crippen LogP contribution < -0.4 is 5.32 Å². The van der Waals surface area contributed by atoms with E-state index < -0.39 is 0 Å². The van der Waals surface area contributed by atoms with Crippen LogP contribution in [0.5, 0.6) is 0 Å². The molecule has 0 aliphatic heterocycles. The molecule has 0 radical (unpaired) electrons. The first kappa shape index (κ1) is 12.0. The zero-order valence-electron chi connectivity index (χ0n) is 8.52. The Morgan fingerprint density at radius 2 is 2.12 bits per heavy atom. The summed E-state index contributed by atoms with van der Waals surface area (Å²) in [6, 6.07) is 8.21. The molecule has 0 unspecified atom stereocenters. The van der Waals surface area contributed by atoms with Crippen molar-refractivity contribution >= 4 is 44.7 Å². The van der Waals surface area contributed by atoms with E-state index in [1.54, 1.807) is 23.1 Å². The van der Waals surface area contributed by atoms with Gasteiger partial charge in [0.25, 0.3) is 0 Å². The summed E-state index contributed by atoms with van der Waals surface area (Å²) in [5.74, 6) is 1.03. The van der Waals surface area contributed by atoms with Crippen molar-refractivity contribution in [2.45, 2.75) is 4.34 Å². The van der Waals surface area contributed by atoms with Gasteiger partial charge in [-0.3, -0.25) is 0 Å². The van der Waals surface area contributed by atoms with Crippen molar-refractivity contribution in [3.63, 3.8) is 0 Å². The molecule has 0 spiro atoms. The maximum Gasteiger partial charge on any atom is 0.149 e. The van der Waals surface area contributed by atoms with Gasteiger partial charge in [0.05, 0.1) is 0 Å². The van der Waals surface area contributed by atoms with Crippen molar-refractivity contribution in [2.24, 2.45) is 0 Å². The van der Waals surface area contributed by atoms with Gasteiger partial charge in [-0.05, 0) is 24.3 Å². The van der Waals surface area contributed by atoms with Gasteiger partial charge in [-0.2, -0.15) is 0 Å². The quantitative estimate of drug-likeness (QED) is 0.664. The third-order valence-electron chi connectivity index (χ3n) is 1.91. The van der Waals surface area contributed by atoms with Crippen LogP contribution in [0.4, 0.5) is 5.69 Å². The van der Waals surface area contributed by atoms with Crippen LogP contribution in [0, 0.1) is 0 Å². The van der Waals surface area contributed by atoms with E-state index in [1.165, 1.54) is 0 Å². The summed E-state index contributed by atoms with van der Waals surface area (Å²) >= 11 is 6.89. The molecule has 16 heavy (non-hydrogen) atoms. The molecule has 1 aromatic carbocycles. The van der Waals surface area contributed by atoms with E-state index in [2.05, 4.69) is 38.4 Å². The van der Waals surface area contributed by atoms with Gasteiger partial charge in [0.15, 0.2) is 0 Å². The summed E-state index contributed by atoms with van der Waals surface area (Å²) in [6.07, 6.45) is 1.84. The molecule has 2 aromatic rings. The predicted molar refractivity (Wildman–Crippen MR) is 75.5 cm³/mol. The van der Waals surface area contributed by atoms with Crippen LogP contribution in [0.15, 0.2) is 44.7 Å². The summed E-state index contributed by atoms with van der Waals surface area (Å²) in [7, 11) is 0. The smallest absolute Gasteiger partial charge is 0.149 e. The highest BCUT2D eigenvalue weighted by molar-refractivity contribution is 9.10. The Balaban J connectivity index is 1.70. The molecule has 0 fully saturated rings. The maximum atomic E-state index is 4.22. The Labute approximate surface area is 112 Å². The maximum absolute atomic E-state index is 4.22. The lowest BCUT2D eigenvalue weighted by Gasteiger charge is -2.04. The fourth-order valence-corrected chi connectivity index (χ4v) is 3.01. The minimum atomic E-state index is 0.950. The van der Waals surface area contributed by atoms with Crippen LogP contribution in [0.25, 0.3) is 0 Å². The monoisotopic (exact) mass is 314 g/mol. The van der Waals surface area contributed by atoms with Crippen molar-refractivity contribution in [2.75, 3.05) is 17.6 Å². The molecule has 0 bridgehead atoms. The minimum absolute atomic E-state index is 0.950. The third-order valence-corrected chi connectivity index (χ3v) is 4.41. The van der Waals surface area contributed by atoms with Crippen LogP contribution in [-0.2, 0) is 0 Å². The Morgan fingerprint density at radius 1 is 1.31 bits per heavy atom. The van der Waals surface area contributed by atoms with E-state index in [0.29, 0.717) is 0 Å². The van der Waals surface area contributed by atoms with Crippen LogP contribution in [0.2, 0.25) is 0 Å². The molecule has 0 aliphatic carbocycles. The van der Waals surface area contributed by atoms with Gasteiger partial charge in [0.1, 0.15) is 4.34 Å². The second-order valence-corrected chi connectivity index (χ2v) is 6.23. The topological polar surface area (TPSA) is 24.9 Å². The average Bonchev–Trinajstić information content (AvgIpc) is 2.80. The van der Waals surface area contributed by atoms with E-state index in [1.807, 2.05) is 23.7 Å². The van der Waals surface area contributed by atoms with Gasteiger partial charge in [0, 0.05) is 34.0 Å². The number of thiazole rings is 1. The third kappa shape index (κ3) is 3.81. The molecule has 0 aliphatic rings. The lowest BCUT2D eigenvalue weighted by Crippen LogP contribution is -2.03. The van der Waals surface area contributed by atoms with Crippen molar-refractivity contribution < 1.29 is 0 Å². The first-order chi connectivity index (χ1) is 7.84. The Kier molecular flexibility index (Phi) is 4.69. The van der Waals surface area contributed by atoms with Gasteiger partial charge in [-0.15, -0.1) is 11.3 Å². The highest BCUT2D eigenvalue weighted by Crippen LogP contribution is 2.20. The molecule has 1 N–H and O–H groups in total. The van der Waals surface area contributed by atoms with Gasteiger partial charge < -0.3 is 5.32 Å². The summed E-state index contributed by atoms with van der Waals surface area (Å²) in [4.78, 5) is 4.22. The first-order valence-corrected chi connectivity index (χ1v) is 7.52. The number of hydrogen-bond donors (Lipinski definition) is 1. The van der Waals surface area contributed by atoms with Gasteiger partial charge >= 0.3 is 0 Å². The molecule has 2 rings (SSSR count). The van der Waals surface area contributed by atoms with E-state index in [9.17, 15) is 0 Å². The molecule has 0 atom stereocenters. The summed E-state index contributed by atoms with van der Waals surface area (Å²) < 4.78 is 2.24. The number of nitrogens with one attached hydrogen (secondary N) is 1. The van der Waals surface area contributed by atoms with Crippen molar-refractivity contribution in [1.29, 1.82) is 0 Å². The Bertz CT molecular complexity index is 414. The van der Waals surface area contributed by atoms with E-state index >= 15 is 0 Å². The highest BCUT2D eigenvalue weighted by Gasteiger charge is 1.96. The molecular formula is C11H11BrN2S2. The second-order valence-electron chi connectivity index (χ2n) is 3.08. The number of thioether (sulfide) groups is 1. The number of anilines is 1. The normalized spacial score (nSPS) is 10.3. The molecule has 1 heterocycles. The standard InChI is InChI=1S/C11H11BrN2S2/c12-9-1-3-10(4-2-9)13-5-7-15-11-14-6-8-16-11/h1-4,6,8,13H,5,7H2. The van der Waals surface area contributed by atoms with Crippen LogP contribution in [0.1, 0.15) is 0 Å². The molecular weight excluding hydrogens is 304 g/mol. The number of halogens is 1. The number of benzene rings is 1.